The number of hydrogen-bond acceptors (Lipinski definition) is 4. The van der Waals surface area contributed by atoms with E-state index in [9.17, 15) is 4.79 Å². The van der Waals surface area contributed by atoms with Crippen molar-refractivity contribution in [1.29, 1.82) is 0 Å². The Morgan fingerprint density at radius 1 is 0.935 bits per heavy atom. The summed E-state index contributed by atoms with van der Waals surface area (Å²) in [5.41, 5.74) is 3.11. The van der Waals surface area contributed by atoms with Gasteiger partial charge in [0.2, 0.25) is 0 Å². The summed E-state index contributed by atoms with van der Waals surface area (Å²) in [6, 6.07) is 14.6. The third-order valence-corrected chi connectivity index (χ3v) is 7.91. The maximum atomic E-state index is 13.3. The summed E-state index contributed by atoms with van der Waals surface area (Å²) in [5, 5.41) is 0.960. The fourth-order valence-corrected chi connectivity index (χ4v) is 5.58. The van der Waals surface area contributed by atoms with Gasteiger partial charge in [-0.25, -0.2) is 0 Å². The number of carbonyl (C=O) groups excluding carboxylic acids is 1. The van der Waals surface area contributed by atoms with E-state index in [0.29, 0.717) is 16.6 Å². The van der Waals surface area contributed by atoms with Gasteiger partial charge < -0.3 is 9.80 Å². The van der Waals surface area contributed by atoms with Crippen molar-refractivity contribution in [2.45, 2.75) is 18.9 Å². The molecule has 3 aliphatic rings. The smallest absolute Gasteiger partial charge is 0.264 e. The zero-order valence-electron chi connectivity index (χ0n) is 17.3. The van der Waals surface area contributed by atoms with Gasteiger partial charge in [0, 0.05) is 55.9 Å². The minimum atomic E-state index is 0.0167. The van der Waals surface area contributed by atoms with E-state index in [4.69, 9.17) is 23.2 Å². The van der Waals surface area contributed by atoms with Crippen LogP contribution >= 0.6 is 35.0 Å². The van der Waals surface area contributed by atoms with Crippen LogP contribution in [-0.2, 0) is 4.79 Å². The summed E-state index contributed by atoms with van der Waals surface area (Å²) in [6.45, 7) is 4.96. The number of anilines is 2. The largest absolute Gasteiger partial charge is 0.368 e. The van der Waals surface area contributed by atoms with Gasteiger partial charge in [0.25, 0.3) is 5.91 Å². The van der Waals surface area contributed by atoms with Crippen molar-refractivity contribution in [2.75, 3.05) is 48.3 Å². The molecule has 0 unspecified atom stereocenters. The van der Waals surface area contributed by atoms with Crippen molar-refractivity contribution in [3.8, 4) is 0 Å². The van der Waals surface area contributed by atoms with Crippen LogP contribution in [0.25, 0.3) is 6.08 Å². The molecule has 1 amide bonds. The lowest BCUT2D eigenvalue weighted by molar-refractivity contribution is -0.114. The zero-order valence-corrected chi connectivity index (χ0v) is 19.6. The van der Waals surface area contributed by atoms with E-state index in [2.05, 4.69) is 34.1 Å². The number of amides is 1. The fourth-order valence-electron chi connectivity index (χ4n) is 4.35. The van der Waals surface area contributed by atoms with E-state index in [-0.39, 0.29) is 5.91 Å². The van der Waals surface area contributed by atoms with Crippen molar-refractivity contribution < 1.29 is 4.79 Å². The second-order valence-corrected chi connectivity index (χ2v) is 10.2. The summed E-state index contributed by atoms with van der Waals surface area (Å²) in [7, 11) is 0. The Morgan fingerprint density at radius 2 is 1.71 bits per heavy atom. The van der Waals surface area contributed by atoms with E-state index >= 15 is 0 Å². The minimum Gasteiger partial charge on any atom is -0.368 e. The molecule has 2 saturated heterocycles. The van der Waals surface area contributed by atoms with Gasteiger partial charge in [0.15, 0.2) is 0 Å². The van der Waals surface area contributed by atoms with Gasteiger partial charge in [-0.3, -0.25) is 9.69 Å². The molecular weight excluding hydrogens is 449 g/mol. The normalized spacial score (nSPS) is 21.7. The molecule has 0 atom stereocenters. The van der Waals surface area contributed by atoms with E-state index in [1.165, 1.54) is 18.5 Å². The Morgan fingerprint density at radius 3 is 2.45 bits per heavy atom. The fraction of sp³-hybridized carbons (Fsp3) is 0.375. The highest BCUT2D eigenvalue weighted by Crippen LogP contribution is 2.35. The highest BCUT2D eigenvalue weighted by atomic mass is 35.5. The minimum absolute atomic E-state index is 0.0167. The molecule has 5 rings (SSSR count). The predicted molar refractivity (Wildman–Crippen MR) is 132 cm³/mol. The summed E-state index contributed by atoms with van der Waals surface area (Å²) >= 11 is 13.9. The number of thioether (sulfide) groups is 1. The van der Waals surface area contributed by atoms with Gasteiger partial charge in [-0.15, -0.1) is 11.8 Å². The lowest BCUT2D eigenvalue weighted by Gasteiger charge is -2.37. The predicted octanol–water partition coefficient (Wildman–Crippen LogP) is 5.40. The molecule has 2 aliphatic heterocycles. The standard InChI is InChI=1S/C24H25Cl2N3OS/c25-20-8-7-19(16-21(20)26)29-13-14-31-23(24(29)30)15-17-3-1-2-4-22(17)28-11-9-27(10-12-28)18-5-6-18/h1-4,7-8,15-16,18H,5-6,9-14H2/b23-15-. The molecule has 162 valence electrons. The van der Waals surface area contributed by atoms with Crippen LogP contribution in [0.4, 0.5) is 11.4 Å². The molecule has 2 aromatic rings. The molecule has 4 nitrogen and oxygen atoms in total. The highest BCUT2D eigenvalue weighted by Gasteiger charge is 2.31. The molecule has 31 heavy (non-hydrogen) atoms. The van der Waals surface area contributed by atoms with E-state index in [1.54, 1.807) is 28.8 Å². The molecule has 7 heteroatoms. The average molecular weight is 474 g/mol. The van der Waals surface area contributed by atoms with Gasteiger partial charge in [0.1, 0.15) is 0 Å². The van der Waals surface area contributed by atoms with Crippen LogP contribution in [0.3, 0.4) is 0 Å². The number of nitrogens with zero attached hydrogens (tertiary/aromatic N) is 3. The molecule has 0 spiro atoms. The Kier molecular flexibility index (Phi) is 6.20. The van der Waals surface area contributed by atoms with Crippen molar-refractivity contribution in [1.82, 2.24) is 4.90 Å². The molecule has 2 heterocycles. The number of carbonyl (C=O) groups is 1. The molecular formula is C24H25Cl2N3OS. The SMILES string of the molecule is O=C1/C(=C/c2ccccc2N2CCN(C3CC3)CC2)SCCN1c1ccc(Cl)c(Cl)c1. The van der Waals surface area contributed by atoms with Crippen LogP contribution in [0.1, 0.15) is 18.4 Å². The molecule has 0 radical (unpaired) electrons. The van der Waals surface area contributed by atoms with Gasteiger partial charge in [-0.2, -0.15) is 0 Å². The molecule has 1 saturated carbocycles. The first-order chi connectivity index (χ1) is 15.1. The lowest BCUT2D eigenvalue weighted by Crippen LogP contribution is -2.47. The number of halogens is 2. The van der Waals surface area contributed by atoms with Crippen LogP contribution in [0.5, 0.6) is 0 Å². The summed E-state index contributed by atoms with van der Waals surface area (Å²) < 4.78 is 0. The lowest BCUT2D eigenvalue weighted by atomic mass is 10.1. The first-order valence-corrected chi connectivity index (χ1v) is 12.5. The monoisotopic (exact) mass is 473 g/mol. The second-order valence-electron chi connectivity index (χ2n) is 8.23. The zero-order chi connectivity index (χ0) is 21.4. The van der Waals surface area contributed by atoms with Gasteiger partial charge >= 0.3 is 0 Å². The highest BCUT2D eigenvalue weighted by molar-refractivity contribution is 8.04. The van der Waals surface area contributed by atoms with Crippen molar-refractivity contribution >= 4 is 58.3 Å². The van der Waals surface area contributed by atoms with Crippen molar-refractivity contribution in [3.05, 3.63) is 63.0 Å². The van der Waals surface area contributed by atoms with Crippen molar-refractivity contribution in [2.24, 2.45) is 0 Å². The molecule has 0 aromatic heterocycles. The topological polar surface area (TPSA) is 26.8 Å². The maximum absolute atomic E-state index is 13.3. The van der Waals surface area contributed by atoms with Crippen LogP contribution in [0.2, 0.25) is 10.0 Å². The Labute approximate surface area is 197 Å². The van der Waals surface area contributed by atoms with Gasteiger partial charge in [0.05, 0.1) is 15.0 Å². The van der Waals surface area contributed by atoms with Crippen LogP contribution in [0.15, 0.2) is 47.4 Å². The van der Waals surface area contributed by atoms with E-state index < -0.39 is 0 Å². The molecule has 3 fully saturated rings. The first kappa shape index (κ1) is 21.2. The summed E-state index contributed by atoms with van der Waals surface area (Å²) in [5.74, 6) is 0.864. The third-order valence-electron chi connectivity index (χ3n) is 6.18. The second kappa shape index (κ2) is 9.07. The number of benzene rings is 2. The molecule has 2 aromatic carbocycles. The van der Waals surface area contributed by atoms with E-state index in [0.717, 1.165) is 54.1 Å². The quantitative estimate of drug-likeness (QED) is 0.555. The summed E-state index contributed by atoms with van der Waals surface area (Å²) in [6.07, 6.45) is 4.77. The Hall–Kier alpha value is -1.66. The van der Waals surface area contributed by atoms with Crippen molar-refractivity contribution in [3.63, 3.8) is 0 Å². The van der Waals surface area contributed by atoms with E-state index in [1.807, 2.05) is 12.1 Å². The van der Waals surface area contributed by atoms with Gasteiger partial charge in [-0.05, 0) is 48.7 Å². The van der Waals surface area contributed by atoms with Crippen LogP contribution in [-0.4, -0.2) is 55.3 Å². The molecule has 0 N–H and O–H groups in total. The Balaban J connectivity index is 1.37. The molecule has 1 aliphatic carbocycles. The van der Waals surface area contributed by atoms with Crippen LogP contribution in [0, 0.1) is 0 Å². The summed E-state index contributed by atoms with van der Waals surface area (Å²) in [4.78, 5) is 20.9. The van der Waals surface area contributed by atoms with Crippen LogP contribution < -0.4 is 9.80 Å². The van der Waals surface area contributed by atoms with Gasteiger partial charge in [-0.1, -0.05) is 41.4 Å². The Bertz CT molecular complexity index is 1020. The number of para-hydroxylation sites is 1. The third kappa shape index (κ3) is 4.61. The number of piperazine rings is 1. The first-order valence-electron chi connectivity index (χ1n) is 10.8. The molecule has 0 bridgehead atoms. The number of rotatable bonds is 4. The maximum Gasteiger partial charge on any atom is 0.264 e. The average Bonchev–Trinajstić information content (AvgIpc) is 3.63. The number of hydrogen-bond donors (Lipinski definition) is 0.